The molecule has 0 spiro atoms. The Hall–Kier alpha value is -0.830. The zero-order valence-corrected chi connectivity index (χ0v) is 7.92. The Morgan fingerprint density at radius 1 is 1.75 bits per heavy atom. The van der Waals surface area contributed by atoms with E-state index in [0.717, 1.165) is 6.42 Å². The predicted molar refractivity (Wildman–Crippen MR) is 50.7 cm³/mol. The molecule has 0 aromatic heterocycles. The molecule has 1 amide bonds. The highest BCUT2D eigenvalue weighted by Crippen LogP contribution is 1.97. The molecule has 2 N–H and O–H groups in total. The number of hydrogen-bond donors (Lipinski definition) is 1. The van der Waals surface area contributed by atoms with E-state index >= 15 is 0 Å². The molecular weight excluding hydrogens is 152 g/mol. The van der Waals surface area contributed by atoms with Gasteiger partial charge in [-0.05, 0) is 6.42 Å². The van der Waals surface area contributed by atoms with Crippen LogP contribution >= 0.6 is 0 Å². The summed E-state index contributed by atoms with van der Waals surface area (Å²) >= 11 is 0. The Labute approximate surface area is 74.2 Å². The lowest BCUT2D eigenvalue weighted by molar-refractivity contribution is -0.129. The van der Waals surface area contributed by atoms with Gasteiger partial charge in [-0.3, -0.25) is 4.79 Å². The lowest BCUT2D eigenvalue weighted by Crippen LogP contribution is -2.32. The van der Waals surface area contributed by atoms with E-state index in [1.165, 1.54) is 0 Å². The zero-order valence-electron chi connectivity index (χ0n) is 7.92. The monoisotopic (exact) mass is 170 g/mol. The minimum absolute atomic E-state index is 0.00948. The lowest BCUT2D eigenvalue weighted by atomic mass is 10.1. The van der Waals surface area contributed by atoms with Crippen LogP contribution in [0.4, 0.5) is 0 Å². The molecule has 0 rings (SSSR count). The quantitative estimate of drug-likeness (QED) is 0.619. The van der Waals surface area contributed by atoms with Crippen molar-refractivity contribution >= 4 is 5.91 Å². The topological polar surface area (TPSA) is 46.3 Å². The number of nitrogens with two attached hydrogens (primary N) is 1. The maximum Gasteiger partial charge on any atom is 0.224 e. The molecule has 0 fully saturated rings. The smallest absolute Gasteiger partial charge is 0.224 e. The molecule has 0 saturated heterocycles. The molecular formula is C9H18N2O. The van der Waals surface area contributed by atoms with Crippen LogP contribution in [0.5, 0.6) is 0 Å². The van der Waals surface area contributed by atoms with Gasteiger partial charge in [-0.25, -0.2) is 0 Å². The van der Waals surface area contributed by atoms with Gasteiger partial charge in [0.25, 0.3) is 0 Å². The van der Waals surface area contributed by atoms with E-state index < -0.39 is 0 Å². The van der Waals surface area contributed by atoms with E-state index in [-0.39, 0.29) is 11.9 Å². The fourth-order valence-corrected chi connectivity index (χ4v) is 0.820. The van der Waals surface area contributed by atoms with E-state index in [1.807, 2.05) is 6.92 Å². The molecule has 0 saturated carbocycles. The van der Waals surface area contributed by atoms with E-state index in [1.54, 1.807) is 18.0 Å². The summed E-state index contributed by atoms with van der Waals surface area (Å²) in [5.74, 6) is 0.0873. The van der Waals surface area contributed by atoms with Gasteiger partial charge in [0.1, 0.15) is 0 Å². The van der Waals surface area contributed by atoms with Crippen LogP contribution in [0.15, 0.2) is 12.7 Å². The number of carbonyl (C=O) groups is 1. The van der Waals surface area contributed by atoms with Crippen LogP contribution in [0, 0.1) is 0 Å². The summed E-state index contributed by atoms with van der Waals surface area (Å²) in [6.45, 7) is 6.13. The molecule has 0 aromatic carbocycles. The molecule has 0 bridgehead atoms. The summed E-state index contributed by atoms with van der Waals surface area (Å²) in [5.41, 5.74) is 5.63. The van der Waals surface area contributed by atoms with Gasteiger partial charge in [-0.15, -0.1) is 6.58 Å². The summed E-state index contributed by atoms with van der Waals surface area (Å²) in [7, 11) is 1.76. The molecule has 0 aliphatic rings. The second kappa shape index (κ2) is 5.77. The van der Waals surface area contributed by atoms with E-state index in [2.05, 4.69) is 6.58 Å². The first kappa shape index (κ1) is 11.2. The van der Waals surface area contributed by atoms with Gasteiger partial charge in [0.15, 0.2) is 0 Å². The molecule has 0 aliphatic heterocycles. The fraction of sp³-hybridized carbons (Fsp3) is 0.667. The van der Waals surface area contributed by atoms with Crippen molar-refractivity contribution < 1.29 is 4.79 Å². The molecule has 0 radical (unpaired) electrons. The van der Waals surface area contributed by atoms with Crippen LogP contribution in [-0.4, -0.2) is 30.4 Å². The van der Waals surface area contributed by atoms with Gasteiger partial charge in [-0.1, -0.05) is 13.0 Å². The van der Waals surface area contributed by atoms with Gasteiger partial charge < -0.3 is 10.6 Å². The Balaban J connectivity index is 3.77. The summed E-state index contributed by atoms with van der Waals surface area (Å²) in [6.07, 6.45) is 2.98. The van der Waals surface area contributed by atoms with Crippen molar-refractivity contribution in [1.29, 1.82) is 0 Å². The van der Waals surface area contributed by atoms with Crippen molar-refractivity contribution in [2.45, 2.75) is 25.8 Å². The number of hydrogen-bond acceptors (Lipinski definition) is 2. The van der Waals surface area contributed by atoms with Gasteiger partial charge in [0.05, 0.1) is 0 Å². The summed E-state index contributed by atoms with van der Waals surface area (Å²) < 4.78 is 0. The highest BCUT2D eigenvalue weighted by Gasteiger charge is 2.10. The second-order valence-electron chi connectivity index (χ2n) is 2.94. The number of carbonyl (C=O) groups excluding carboxylic acids is 1. The van der Waals surface area contributed by atoms with Crippen LogP contribution < -0.4 is 5.73 Å². The van der Waals surface area contributed by atoms with Crippen molar-refractivity contribution in [2.75, 3.05) is 13.6 Å². The zero-order chi connectivity index (χ0) is 9.56. The second-order valence-corrected chi connectivity index (χ2v) is 2.94. The number of likely N-dealkylation sites (N-methyl/N-ethyl adjacent to an activating group) is 1. The summed E-state index contributed by atoms with van der Waals surface area (Å²) in [6, 6.07) is -0.00948. The first-order chi connectivity index (χ1) is 5.61. The number of nitrogens with zero attached hydrogens (tertiary/aromatic N) is 1. The van der Waals surface area contributed by atoms with Crippen LogP contribution in [0.25, 0.3) is 0 Å². The predicted octanol–water partition coefficient (Wildman–Crippen LogP) is 0.758. The number of amides is 1. The highest BCUT2D eigenvalue weighted by molar-refractivity contribution is 5.76. The van der Waals surface area contributed by atoms with E-state index in [9.17, 15) is 4.79 Å². The Morgan fingerprint density at radius 3 is 2.75 bits per heavy atom. The Morgan fingerprint density at radius 2 is 2.33 bits per heavy atom. The average Bonchev–Trinajstić information content (AvgIpc) is 2.04. The van der Waals surface area contributed by atoms with Crippen LogP contribution in [0.2, 0.25) is 0 Å². The third-order valence-corrected chi connectivity index (χ3v) is 1.79. The van der Waals surface area contributed by atoms with E-state index in [4.69, 9.17) is 5.73 Å². The van der Waals surface area contributed by atoms with Gasteiger partial charge in [-0.2, -0.15) is 0 Å². The lowest BCUT2D eigenvalue weighted by Gasteiger charge is -2.16. The summed E-state index contributed by atoms with van der Waals surface area (Å²) in [4.78, 5) is 12.9. The molecule has 12 heavy (non-hydrogen) atoms. The average molecular weight is 170 g/mol. The van der Waals surface area contributed by atoms with Gasteiger partial charge in [0, 0.05) is 26.1 Å². The van der Waals surface area contributed by atoms with Gasteiger partial charge in [0.2, 0.25) is 5.91 Å². The van der Waals surface area contributed by atoms with Gasteiger partial charge >= 0.3 is 0 Å². The van der Waals surface area contributed by atoms with Crippen LogP contribution in [-0.2, 0) is 4.79 Å². The summed E-state index contributed by atoms with van der Waals surface area (Å²) in [5, 5.41) is 0. The first-order valence-corrected chi connectivity index (χ1v) is 4.22. The maximum absolute atomic E-state index is 11.3. The van der Waals surface area contributed by atoms with Crippen molar-refractivity contribution in [2.24, 2.45) is 5.73 Å². The molecule has 3 nitrogen and oxygen atoms in total. The first-order valence-electron chi connectivity index (χ1n) is 4.22. The Bertz CT molecular complexity index is 157. The van der Waals surface area contributed by atoms with E-state index in [0.29, 0.717) is 13.0 Å². The molecule has 0 aliphatic carbocycles. The molecule has 3 heteroatoms. The van der Waals surface area contributed by atoms with Crippen LogP contribution in [0.1, 0.15) is 19.8 Å². The molecule has 70 valence electrons. The SMILES string of the molecule is C=CCN(C)C(=O)CC(N)CC. The molecule has 0 aromatic rings. The normalized spacial score (nSPS) is 12.2. The molecule has 0 heterocycles. The largest absolute Gasteiger partial charge is 0.342 e. The number of rotatable bonds is 5. The molecule has 1 unspecified atom stereocenters. The standard InChI is InChI=1S/C9H18N2O/c1-4-6-11(3)9(12)7-8(10)5-2/h4,8H,1,5-7,10H2,2-3H3. The minimum atomic E-state index is -0.00948. The maximum atomic E-state index is 11.3. The minimum Gasteiger partial charge on any atom is -0.342 e. The van der Waals surface area contributed by atoms with Crippen molar-refractivity contribution in [3.8, 4) is 0 Å². The van der Waals surface area contributed by atoms with Crippen LogP contribution in [0.3, 0.4) is 0 Å². The van der Waals surface area contributed by atoms with Crippen molar-refractivity contribution in [3.05, 3.63) is 12.7 Å². The highest BCUT2D eigenvalue weighted by atomic mass is 16.2. The third kappa shape index (κ3) is 4.13. The van der Waals surface area contributed by atoms with Crippen molar-refractivity contribution in [3.63, 3.8) is 0 Å². The fourth-order valence-electron chi connectivity index (χ4n) is 0.820. The molecule has 1 atom stereocenters. The third-order valence-electron chi connectivity index (χ3n) is 1.79. The Kier molecular flexibility index (Phi) is 5.37. The van der Waals surface area contributed by atoms with Crippen molar-refractivity contribution in [1.82, 2.24) is 4.90 Å².